The molecule has 4 nitrogen and oxygen atoms in total. The average Bonchev–Trinajstić information content (AvgIpc) is 3.09. The normalized spacial score (nSPS) is 28.3. The van der Waals surface area contributed by atoms with Gasteiger partial charge in [-0.3, -0.25) is 0 Å². The lowest BCUT2D eigenvalue weighted by molar-refractivity contribution is -0.399. The van der Waals surface area contributed by atoms with Crippen LogP contribution >= 0.6 is 0 Å². The van der Waals surface area contributed by atoms with Crippen molar-refractivity contribution in [1.29, 1.82) is 0 Å². The largest absolute Gasteiger partial charge is 0.754 e. The van der Waals surface area contributed by atoms with Gasteiger partial charge in [-0.05, 0) is 125 Å². The van der Waals surface area contributed by atoms with E-state index >= 15 is 0 Å². The Morgan fingerprint density at radius 2 is 1.00 bits per heavy atom. The number of hydrogen-bond donors (Lipinski definition) is 0. The van der Waals surface area contributed by atoms with Gasteiger partial charge in [0, 0.05) is 22.3 Å². The van der Waals surface area contributed by atoms with Crippen molar-refractivity contribution < 1.29 is 57.4 Å². The number of hydrogen-bond acceptors (Lipinski definition) is 3. The van der Waals surface area contributed by atoms with Crippen molar-refractivity contribution >= 4 is 11.4 Å². The van der Waals surface area contributed by atoms with Gasteiger partial charge in [0.25, 0.3) is 11.4 Å². The van der Waals surface area contributed by atoms with E-state index in [9.17, 15) is 62.8 Å². The third-order valence-electron chi connectivity index (χ3n) is 13.2. The van der Waals surface area contributed by atoms with Crippen LogP contribution in [0, 0.1) is 44.6 Å². The molecule has 0 radical (unpaired) electrons. The van der Waals surface area contributed by atoms with Crippen molar-refractivity contribution in [3.63, 3.8) is 0 Å². The Bertz CT molecular complexity index is 2210. The molecule has 0 unspecified atom stereocenters. The first-order valence-corrected chi connectivity index (χ1v) is 17.8. The molecule has 8 aliphatic rings. The van der Waals surface area contributed by atoms with E-state index in [0.29, 0.717) is 59.4 Å². The lowest BCUT2D eigenvalue weighted by Gasteiger charge is -2.60. The van der Waals surface area contributed by atoms with Gasteiger partial charge in [0.05, 0.1) is 32.6 Å². The van der Waals surface area contributed by atoms with E-state index < -0.39 is 104 Å². The van der Waals surface area contributed by atoms with Gasteiger partial charge in [0.15, 0.2) is 0 Å². The summed E-state index contributed by atoms with van der Waals surface area (Å²) in [6, 6.07) is 1.45. The summed E-state index contributed by atoms with van der Waals surface area (Å²) in [7, 11) is 0. The standard InChI is InChI=1S/C40H32F12N2O2/c1-35(2)21-9-19-11-29(17-5-23(37(41,42)43)13-24(6-17)38(44,45)46)53(55)33(31(19)27(35)15-21)34-32-20(10-22-16-28(32)36(22,3)4)12-30(54(34)56)18-7-25(39(47,48)49)14-26(8-18)40(50,51)52/h5-8,11-14,21-22,27-28H,9-10,15-16H2,1-4H3/t21-,22-,27-,28-/m0/s1. The Morgan fingerprint density at radius 1 is 0.607 bits per heavy atom. The number of nitroso groups, excluding NO2 is 1. The monoisotopic (exact) mass is 800 g/mol. The molecule has 2 fully saturated rings. The Kier molecular flexibility index (Phi) is 8.00. The highest BCUT2D eigenvalue weighted by Gasteiger charge is 2.61. The average molecular weight is 801 g/mol. The molecule has 298 valence electrons. The molecule has 6 aliphatic carbocycles. The number of rotatable bonds is 2. The summed E-state index contributed by atoms with van der Waals surface area (Å²) < 4.78 is 169. The van der Waals surface area contributed by atoms with Crippen LogP contribution in [0.2, 0.25) is 0 Å². The van der Waals surface area contributed by atoms with Crippen LogP contribution in [0.3, 0.4) is 0 Å². The number of nitrogens with zero attached hydrogens (tertiary/aromatic N) is 2. The highest BCUT2D eigenvalue weighted by atomic mass is 19.4. The van der Waals surface area contributed by atoms with E-state index in [1.54, 1.807) is 0 Å². The minimum Gasteiger partial charge on any atom is -0.754 e. The predicted molar refractivity (Wildman–Crippen MR) is 179 cm³/mol. The van der Waals surface area contributed by atoms with E-state index in [1.807, 2.05) is 27.7 Å². The van der Waals surface area contributed by atoms with Crippen LogP contribution in [-0.4, -0.2) is 9.82 Å². The first-order valence-electron chi connectivity index (χ1n) is 17.8. The zero-order chi connectivity index (χ0) is 41.0. The van der Waals surface area contributed by atoms with Crippen molar-refractivity contribution in [3.8, 4) is 0 Å². The Hall–Kier alpha value is -4.34. The van der Waals surface area contributed by atoms with Crippen molar-refractivity contribution in [3.05, 3.63) is 126 Å². The summed E-state index contributed by atoms with van der Waals surface area (Å²) in [4.78, 5) is 15.0. The van der Waals surface area contributed by atoms with Crippen molar-refractivity contribution in [2.24, 2.45) is 34.5 Å². The van der Waals surface area contributed by atoms with Gasteiger partial charge in [-0.15, -0.1) is 0 Å². The van der Waals surface area contributed by atoms with E-state index in [0.717, 1.165) is 0 Å². The van der Waals surface area contributed by atoms with Gasteiger partial charge < -0.3 is 10.3 Å². The van der Waals surface area contributed by atoms with Crippen molar-refractivity contribution in [1.82, 2.24) is 5.06 Å². The molecule has 0 aromatic heterocycles. The third-order valence-corrected chi connectivity index (χ3v) is 13.2. The molecule has 2 aromatic rings. The molecule has 2 aromatic carbocycles. The molecule has 16 heteroatoms. The summed E-state index contributed by atoms with van der Waals surface area (Å²) in [6.45, 7) is 7.67. The highest BCUT2D eigenvalue weighted by molar-refractivity contribution is 5.77. The third kappa shape index (κ3) is 5.70. The second kappa shape index (κ2) is 11.6. The molecule has 2 aliphatic heterocycles. The number of halogens is 12. The summed E-state index contributed by atoms with van der Waals surface area (Å²) in [5.41, 5.74) is -9.80. The molecule has 10 rings (SSSR count). The van der Waals surface area contributed by atoms with Crippen molar-refractivity contribution in [2.75, 3.05) is 0 Å². The second-order valence-electron chi connectivity index (χ2n) is 16.8. The first kappa shape index (κ1) is 38.5. The van der Waals surface area contributed by atoms with Crippen LogP contribution in [0.4, 0.5) is 52.7 Å². The highest BCUT2D eigenvalue weighted by Crippen LogP contribution is 2.68. The smallest absolute Gasteiger partial charge is 0.416 e. The van der Waals surface area contributed by atoms with Crippen LogP contribution in [0.15, 0.2) is 82.2 Å². The molecule has 2 heterocycles. The fraction of sp³-hybridized carbons (Fsp3) is 0.450. The zero-order valence-corrected chi connectivity index (χ0v) is 30.0. The molecule has 56 heavy (non-hydrogen) atoms. The van der Waals surface area contributed by atoms with Crippen LogP contribution in [0.5, 0.6) is 0 Å². The molecule has 0 spiro atoms. The molecular weight excluding hydrogens is 768 g/mol. The molecule has 2 saturated carbocycles. The Balaban J connectivity index is 1.42. The second-order valence-corrected chi connectivity index (χ2v) is 16.8. The number of benzene rings is 2. The van der Waals surface area contributed by atoms with Crippen LogP contribution in [0.1, 0.15) is 86.8 Å². The lowest BCUT2D eigenvalue weighted by Crippen LogP contribution is -2.52. The summed E-state index contributed by atoms with van der Waals surface area (Å²) in [6.07, 6.45) is -17.1. The summed E-state index contributed by atoms with van der Waals surface area (Å²) in [5, 5.41) is 15.1. The van der Waals surface area contributed by atoms with E-state index in [2.05, 4.69) is 0 Å². The van der Waals surface area contributed by atoms with Gasteiger partial charge in [-0.1, -0.05) is 27.7 Å². The fourth-order valence-corrected chi connectivity index (χ4v) is 9.77. The minimum absolute atomic E-state index is 0.00714. The molecule has 0 amide bonds. The maximum atomic E-state index is 15.0. The predicted octanol–water partition coefficient (Wildman–Crippen LogP) is 12.7. The quantitative estimate of drug-likeness (QED) is 0.224. The van der Waals surface area contributed by atoms with E-state index in [1.165, 1.54) is 12.2 Å². The van der Waals surface area contributed by atoms with Gasteiger partial charge in [-0.2, -0.15) is 52.7 Å². The Labute approximate surface area is 312 Å². The van der Waals surface area contributed by atoms with E-state index in [-0.39, 0.29) is 46.6 Å². The fourth-order valence-electron chi connectivity index (χ4n) is 9.77. The zero-order valence-electron chi connectivity index (χ0n) is 30.0. The summed E-state index contributed by atoms with van der Waals surface area (Å²) >= 11 is 0. The van der Waals surface area contributed by atoms with Gasteiger partial charge in [0.1, 0.15) is 5.70 Å². The number of hydroxylamine groups is 2. The minimum atomic E-state index is -5.26. The SMILES string of the molecule is CC1(C)[C@H]2CC3=C(C(=C4C5=C(C=C(c6cc(C(F)(F)F)cc(C(F)(F)F)c6)[N+]4=O)C[C@H]4C[C@@H]5C4(C)C)N([O-])C(c4cc(C(F)(F)F)cc(C(F)(F)F)c4)=C3)[C@@H]1C2. The van der Waals surface area contributed by atoms with Crippen molar-refractivity contribution in [2.45, 2.75) is 78.1 Å². The molecule has 0 N–H and O–H groups in total. The van der Waals surface area contributed by atoms with Crippen LogP contribution in [0.25, 0.3) is 11.4 Å². The molecular formula is C40H32F12N2O2. The molecule has 4 atom stereocenters. The summed E-state index contributed by atoms with van der Waals surface area (Å²) in [5.74, 6) is -0.869. The molecule has 4 bridgehead atoms. The maximum absolute atomic E-state index is 15.0. The molecule has 0 saturated heterocycles. The van der Waals surface area contributed by atoms with Gasteiger partial charge >= 0.3 is 24.7 Å². The van der Waals surface area contributed by atoms with E-state index in [4.69, 9.17) is 0 Å². The number of alkyl halides is 12. The van der Waals surface area contributed by atoms with Gasteiger partial charge in [0.2, 0.25) is 0 Å². The van der Waals surface area contributed by atoms with Crippen LogP contribution in [-0.2, 0) is 24.7 Å². The van der Waals surface area contributed by atoms with Gasteiger partial charge in [-0.25, -0.2) is 0 Å². The first-order chi connectivity index (χ1) is 25.6. The van der Waals surface area contributed by atoms with Crippen LogP contribution < -0.4 is 0 Å². The lowest BCUT2D eigenvalue weighted by atomic mass is 9.45. The topological polar surface area (TPSA) is 46.4 Å². The number of allylic oxidation sites excluding steroid dienone is 6. The maximum Gasteiger partial charge on any atom is 0.416 e. The Morgan fingerprint density at radius 3 is 1.41 bits per heavy atom.